The van der Waals surface area contributed by atoms with Crippen LogP contribution in [0.5, 0.6) is 0 Å². The van der Waals surface area contributed by atoms with Gasteiger partial charge in [0.2, 0.25) is 0 Å². The highest BCUT2D eigenvalue weighted by Crippen LogP contribution is 2.34. The van der Waals surface area contributed by atoms with E-state index in [2.05, 4.69) is 78.6 Å². The first-order valence-electron chi connectivity index (χ1n) is 10.2. The van der Waals surface area contributed by atoms with E-state index >= 15 is 0 Å². The number of fused-ring (bicyclic) bond motifs is 7. The van der Waals surface area contributed by atoms with E-state index in [1.54, 1.807) is 0 Å². The van der Waals surface area contributed by atoms with E-state index in [9.17, 15) is 0 Å². The number of nitrogens with one attached hydrogen (secondary N) is 4. The molecule has 28 heavy (non-hydrogen) atoms. The topological polar surface area (TPSA) is 55.6 Å². The fourth-order valence-corrected chi connectivity index (χ4v) is 4.51. The van der Waals surface area contributed by atoms with Gasteiger partial charge in [0.05, 0.1) is 0 Å². The van der Waals surface area contributed by atoms with Crippen molar-refractivity contribution in [3.05, 3.63) is 75.8 Å². The summed E-state index contributed by atoms with van der Waals surface area (Å²) in [4.78, 5) is 7.32. The Bertz CT molecular complexity index is 1080. The highest BCUT2D eigenvalue weighted by molar-refractivity contribution is 5.74. The Hall–Kier alpha value is -2.88. The molecule has 2 aromatic rings. The van der Waals surface area contributed by atoms with Gasteiger partial charge in [0.1, 0.15) is 0 Å². The van der Waals surface area contributed by atoms with Crippen LogP contribution in [0.3, 0.4) is 0 Å². The first kappa shape index (κ1) is 17.2. The molecule has 0 spiro atoms. The van der Waals surface area contributed by atoms with Crippen LogP contribution in [-0.4, -0.2) is 16.5 Å². The SMILES string of the molecule is CC1=C2C=C(CN2)C(C)c2ccc([nH]2)C(C)=C2CCC(=C(C)c3ccc1[nH]3)N2. The molecule has 4 heteroatoms. The summed E-state index contributed by atoms with van der Waals surface area (Å²) in [5.41, 5.74) is 14.0. The lowest BCUT2D eigenvalue weighted by atomic mass is 9.98. The molecule has 0 aliphatic carbocycles. The smallest absolute Gasteiger partial charge is 0.0435 e. The Labute approximate surface area is 166 Å². The van der Waals surface area contributed by atoms with Gasteiger partial charge in [0.25, 0.3) is 0 Å². The monoisotopic (exact) mass is 372 g/mol. The summed E-state index contributed by atoms with van der Waals surface area (Å²) in [6.45, 7) is 9.82. The maximum absolute atomic E-state index is 3.71. The third-order valence-electron chi connectivity index (χ3n) is 6.68. The Morgan fingerprint density at radius 1 is 0.786 bits per heavy atom. The zero-order valence-electron chi connectivity index (χ0n) is 17.1. The zero-order chi connectivity index (χ0) is 19.4. The van der Waals surface area contributed by atoms with E-state index in [-0.39, 0.29) is 0 Å². The number of hydrogen-bond donors (Lipinski definition) is 4. The molecule has 4 N–H and O–H groups in total. The number of rotatable bonds is 0. The van der Waals surface area contributed by atoms with Crippen LogP contribution in [0.15, 0.2) is 53.0 Å². The standard InChI is InChI=1S/C24H28N4/c1-13-17-11-24(25-12-17)16(4)23-10-9-22(28-23)15(3)21-8-7-20(27-21)14(2)19-6-5-18(13)26-19/h5-6,9-11,13,25-28H,7-8,12H2,1-4H3. The lowest BCUT2D eigenvalue weighted by molar-refractivity contribution is 0.810. The van der Waals surface area contributed by atoms with Gasteiger partial charge in [-0.1, -0.05) is 6.92 Å². The molecule has 2 aromatic heterocycles. The van der Waals surface area contributed by atoms with Crippen molar-refractivity contribution in [1.82, 2.24) is 20.6 Å². The number of H-pyrrole nitrogens is 2. The van der Waals surface area contributed by atoms with Crippen molar-refractivity contribution in [2.75, 3.05) is 6.54 Å². The van der Waals surface area contributed by atoms with E-state index in [1.165, 1.54) is 62.2 Å². The van der Waals surface area contributed by atoms with Crippen molar-refractivity contribution in [1.29, 1.82) is 0 Å². The highest BCUT2D eigenvalue weighted by atomic mass is 14.9. The van der Waals surface area contributed by atoms with Crippen molar-refractivity contribution in [2.24, 2.45) is 0 Å². The largest absolute Gasteiger partial charge is 0.381 e. The minimum Gasteiger partial charge on any atom is -0.381 e. The lowest BCUT2D eigenvalue weighted by Gasteiger charge is -2.11. The summed E-state index contributed by atoms with van der Waals surface area (Å²) in [6, 6.07) is 8.87. The van der Waals surface area contributed by atoms with Crippen molar-refractivity contribution in [2.45, 2.75) is 46.5 Å². The van der Waals surface area contributed by atoms with Gasteiger partial charge >= 0.3 is 0 Å². The second kappa shape index (κ2) is 6.33. The summed E-state index contributed by atoms with van der Waals surface area (Å²) in [5, 5.41) is 7.30. The molecule has 3 aliphatic rings. The summed E-state index contributed by atoms with van der Waals surface area (Å²) in [7, 11) is 0. The normalized spacial score (nSPS) is 21.9. The molecule has 8 bridgehead atoms. The fraction of sp³-hybridized carbons (Fsp3) is 0.333. The quantitative estimate of drug-likeness (QED) is 0.509. The number of aromatic nitrogens is 2. The second-order valence-corrected chi connectivity index (χ2v) is 8.28. The average molecular weight is 373 g/mol. The molecule has 1 unspecified atom stereocenters. The van der Waals surface area contributed by atoms with Crippen LogP contribution in [0.25, 0.3) is 16.7 Å². The fourth-order valence-electron chi connectivity index (χ4n) is 4.51. The van der Waals surface area contributed by atoms with Crippen LogP contribution in [-0.2, 0) is 0 Å². The average Bonchev–Trinajstić information content (AvgIpc) is 3.49. The van der Waals surface area contributed by atoms with E-state index in [4.69, 9.17) is 0 Å². The Kier molecular flexibility index (Phi) is 3.90. The van der Waals surface area contributed by atoms with Crippen molar-refractivity contribution in [3.8, 4) is 0 Å². The van der Waals surface area contributed by atoms with Gasteiger partial charge in [0, 0.05) is 52.3 Å². The molecular weight excluding hydrogens is 344 g/mol. The Morgan fingerprint density at radius 3 is 2.11 bits per heavy atom. The Balaban J connectivity index is 1.69. The van der Waals surface area contributed by atoms with Crippen molar-refractivity contribution >= 4 is 16.7 Å². The maximum Gasteiger partial charge on any atom is 0.0435 e. The van der Waals surface area contributed by atoms with Crippen LogP contribution in [0.1, 0.15) is 69.2 Å². The van der Waals surface area contributed by atoms with Gasteiger partial charge < -0.3 is 20.6 Å². The van der Waals surface area contributed by atoms with Crippen LogP contribution >= 0.6 is 0 Å². The molecule has 1 atom stereocenters. The van der Waals surface area contributed by atoms with E-state index in [0.29, 0.717) is 5.92 Å². The van der Waals surface area contributed by atoms with E-state index in [0.717, 1.165) is 19.4 Å². The maximum atomic E-state index is 3.71. The van der Waals surface area contributed by atoms with Crippen LogP contribution in [0, 0.1) is 0 Å². The minimum atomic E-state index is 0.366. The predicted molar refractivity (Wildman–Crippen MR) is 116 cm³/mol. The summed E-state index contributed by atoms with van der Waals surface area (Å²) >= 11 is 0. The third kappa shape index (κ3) is 2.67. The molecule has 0 aromatic carbocycles. The van der Waals surface area contributed by atoms with Gasteiger partial charge in [-0.15, -0.1) is 0 Å². The van der Waals surface area contributed by atoms with Crippen molar-refractivity contribution < 1.29 is 0 Å². The predicted octanol–water partition coefficient (Wildman–Crippen LogP) is 5.27. The minimum absolute atomic E-state index is 0.366. The van der Waals surface area contributed by atoms with E-state index < -0.39 is 0 Å². The molecule has 1 saturated heterocycles. The summed E-state index contributed by atoms with van der Waals surface area (Å²) in [6.07, 6.45) is 4.45. The number of hydrogen-bond acceptors (Lipinski definition) is 2. The second-order valence-electron chi connectivity index (χ2n) is 8.28. The molecule has 0 saturated carbocycles. The summed E-state index contributed by atoms with van der Waals surface area (Å²) < 4.78 is 0. The highest BCUT2D eigenvalue weighted by Gasteiger charge is 2.22. The zero-order valence-corrected chi connectivity index (χ0v) is 17.1. The molecule has 4 nitrogen and oxygen atoms in total. The molecular formula is C24H28N4. The molecule has 5 heterocycles. The molecule has 144 valence electrons. The lowest BCUT2D eigenvalue weighted by Crippen LogP contribution is -2.11. The first-order valence-corrected chi connectivity index (χ1v) is 10.2. The van der Waals surface area contributed by atoms with E-state index in [1.807, 2.05) is 0 Å². The third-order valence-corrected chi connectivity index (χ3v) is 6.68. The van der Waals surface area contributed by atoms with Crippen molar-refractivity contribution in [3.63, 3.8) is 0 Å². The van der Waals surface area contributed by atoms with Gasteiger partial charge in [-0.25, -0.2) is 0 Å². The van der Waals surface area contributed by atoms with Gasteiger partial charge in [-0.3, -0.25) is 0 Å². The number of aromatic amines is 2. The summed E-state index contributed by atoms with van der Waals surface area (Å²) in [5.74, 6) is 0.366. The molecule has 5 rings (SSSR count). The first-order chi connectivity index (χ1) is 13.5. The van der Waals surface area contributed by atoms with Crippen LogP contribution < -0.4 is 10.6 Å². The Morgan fingerprint density at radius 2 is 1.39 bits per heavy atom. The van der Waals surface area contributed by atoms with Crippen LogP contribution in [0.4, 0.5) is 0 Å². The molecule has 0 radical (unpaired) electrons. The molecule has 3 aliphatic heterocycles. The molecule has 1 fully saturated rings. The molecule has 0 amide bonds. The van der Waals surface area contributed by atoms with Crippen LogP contribution in [0.2, 0.25) is 0 Å². The van der Waals surface area contributed by atoms with Gasteiger partial charge in [0.15, 0.2) is 0 Å². The van der Waals surface area contributed by atoms with Gasteiger partial charge in [-0.2, -0.15) is 0 Å². The number of allylic oxidation sites excluding steroid dienone is 6. The van der Waals surface area contributed by atoms with Gasteiger partial charge in [-0.05, 0) is 86.2 Å².